The minimum absolute atomic E-state index is 0.0439. The average Bonchev–Trinajstić information content (AvgIpc) is 3.03. The Morgan fingerprint density at radius 1 is 1.07 bits per heavy atom. The van der Waals surface area contributed by atoms with E-state index in [1.807, 2.05) is 0 Å². The van der Waals surface area contributed by atoms with Gasteiger partial charge in [0.2, 0.25) is 0 Å². The molecule has 4 N–H and O–H groups in total. The minimum atomic E-state index is -1.49. The fourth-order valence-corrected chi connectivity index (χ4v) is 3.86. The van der Waals surface area contributed by atoms with Gasteiger partial charge in [-0.25, -0.2) is 13.9 Å². The number of ether oxygens (including phenoxy) is 1. The van der Waals surface area contributed by atoms with Crippen LogP contribution in [0, 0.1) is 0 Å². The lowest BCUT2D eigenvalue weighted by atomic mass is 9.90. The van der Waals surface area contributed by atoms with Crippen LogP contribution in [-0.2, 0) is 11.3 Å². The summed E-state index contributed by atoms with van der Waals surface area (Å²) in [5.41, 5.74) is 1.02. The van der Waals surface area contributed by atoms with Gasteiger partial charge in [-0.3, -0.25) is 0 Å². The van der Waals surface area contributed by atoms with Crippen LogP contribution in [-0.4, -0.2) is 65.6 Å². The maximum Gasteiger partial charge on any atom is 0.350 e. The van der Waals surface area contributed by atoms with Gasteiger partial charge in [-0.1, -0.05) is 29.3 Å². The standard InChI is InChI=1S/C19H19Cl2N3O6/c20-11-2-4-14-22-24(19(29)23(14)7-11)6-10-5-9(1-3-12(10)21)18-17(28)16(27)15(26)13(8-25)30-18/h1-5,7,13,15-18,25-28H,6,8H2/t13-,15-,16+,17+,18+/m1/s1. The number of nitrogens with zero attached hydrogens (tertiary/aromatic N) is 3. The van der Waals surface area contributed by atoms with Crippen molar-refractivity contribution in [3.8, 4) is 0 Å². The lowest BCUT2D eigenvalue weighted by molar-refractivity contribution is -0.231. The predicted octanol–water partition coefficient (Wildman–Crippen LogP) is 0.366. The first-order chi connectivity index (χ1) is 14.3. The van der Waals surface area contributed by atoms with E-state index >= 15 is 0 Å². The zero-order valence-electron chi connectivity index (χ0n) is 15.5. The highest BCUT2D eigenvalue weighted by molar-refractivity contribution is 6.31. The molecule has 0 amide bonds. The van der Waals surface area contributed by atoms with E-state index in [2.05, 4.69) is 5.10 Å². The van der Waals surface area contributed by atoms with E-state index in [1.165, 1.54) is 15.3 Å². The van der Waals surface area contributed by atoms with Gasteiger partial charge >= 0.3 is 5.69 Å². The maximum absolute atomic E-state index is 12.6. The topological polar surface area (TPSA) is 129 Å². The molecule has 160 valence electrons. The lowest BCUT2D eigenvalue weighted by Crippen LogP contribution is -2.55. The minimum Gasteiger partial charge on any atom is -0.394 e. The van der Waals surface area contributed by atoms with Crippen LogP contribution >= 0.6 is 23.2 Å². The molecule has 1 aromatic carbocycles. The molecule has 2 aromatic heterocycles. The molecule has 0 radical (unpaired) electrons. The maximum atomic E-state index is 12.6. The van der Waals surface area contributed by atoms with Crippen molar-refractivity contribution in [2.45, 2.75) is 37.1 Å². The van der Waals surface area contributed by atoms with E-state index < -0.39 is 42.8 Å². The normalized spacial score (nSPS) is 26.9. The summed E-state index contributed by atoms with van der Waals surface area (Å²) in [4.78, 5) is 12.6. The zero-order chi connectivity index (χ0) is 21.6. The Morgan fingerprint density at radius 3 is 2.57 bits per heavy atom. The van der Waals surface area contributed by atoms with Crippen LogP contribution in [0.3, 0.4) is 0 Å². The van der Waals surface area contributed by atoms with Crippen molar-refractivity contribution in [1.29, 1.82) is 0 Å². The molecule has 9 nitrogen and oxygen atoms in total. The zero-order valence-corrected chi connectivity index (χ0v) is 17.0. The molecule has 30 heavy (non-hydrogen) atoms. The number of aliphatic hydroxyl groups excluding tert-OH is 4. The van der Waals surface area contributed by atoms with Crippen LogP contribution in [0.4, 0.5) is 0 Å². The third kappa shape index (κ3) is 3.74. The molecule has 5 atom stereocenters. The van der Waals surface area contributed by atoms with Gasteiger partial charge in [0.1, 0.15) is 30.5 Å². The third-order valence-electron chi connectivity index (χ3n) is 5.15. The van der Waals surface area contributed by atoms with Crippen molar-refractivity contribution in [3.63, 3.8) is 0 Å². The number of hydrogen-bond donors (Lipinski definition) is 4. The number of aliphatic hydroxyl groups is 4. The van der Waals surface area contributed by atoms with Crippen molar-refractivity contribution in [2.75, 3.05) is 6.61 Å². The smallest absolute Gasteiger partial charge is 0.350 e. The lowest BCUT2D eigenvalue weighted by Gasteiger charge is -2.40. The van der Waals surface area contributed by atoms with Gasteiger partial charge in [-0.2, -0.15) is 0 Å². The second-order valence-electron chi connectivity index (χ2n) is 7.12. The van der Waals surface area contributed by atoms with Crippen molar-refractivity contribution < 1.29 is 25.2 Å². The summed E-state index contributed by atoms with van der Waals surface area (Å²) in [7, 11) is 0. The molecule has 11 heteroatoms. The summed E-state index contributed by atoms with van der Waals surface area (Å²) in [6.45, 7) is -0.483. The van der Waals surface area contributed by atoms with Crippen molar-refractivity contribution in [3.05, 3.63) is 68.2 Å². The van der Waals surface area contributed by atoms with Gasteiger partial charge < -0.3 is 25.2 Å². The van der Waals surface area contributed by atoms with E-state index in [9.17, 15) is 25.2 Å². The summed E-state index contributed by atoms with van der Waals surface area (Å²) in [6, 6.07) is 8.04. The first-order valence-electron chi connectivity index (χ1n) is 9.13. The van der Waals surface area contributed by atoms with E-state index in [0.29, 0.717) is 26.8 Å². The molecular formula is C19H19Cl2N3O6. The first kappa shape index (κ1) is 21.3. The first-order valence-corrected chi connectivity index (χ1v) is 9.89. The van der Waals surface area contributed by atoms with E-state index in [0.717, 1.165) is 0 Å². The summed E-state index contributed by atoms with van der Waals surface area (Å²) in [5, 5.41) is 44.8. The predicted molar refractivity (Wildman–Crippen MR) is 108 cm³/mol. The largest absolute Gasteiger partial charge is 0.394 e. The Kier molecular flexibility index (Phi) is 5.86. The number of hydrogen-bond acceptors (Lipinski definition) is 7. The Bertz CT molecular complexity index is 1130. The molecule has 4 rings (SSSR count). The highest BCUT2D eigenvalue weighted by Gasteiger charge is 2.44. The summed E-state index contributed by atoms with van der Waals surface area (Å²) < 4.78 is 8.13. The molecule has 1 saturated heterocycles. The number of benzene rings is 1. The van der Waals surface area contributed by atoms with Crippen LogP contribution < -0.4 is 5.69 Å². The van der Waals surface area contributed by atoms with Gasteiger partial charge in [0.05, 0.1) is 18.2 Å². The second-order valence-corrected chi connectivity index (χ2v) is 7.96. The highest BCUT2D eigenvalue weighted by Crippen LogP contribution is 2.34. The fraction of sp³-hybridized carbons (Fsp3) is 0.368. The van der Waals surface area contributed by atoms with Crippen LogP contribution in [0.15, 0.2) is 41.3 Å². The number of halogens is 2. The van der Waals surface area contributed by atoms with E-state index in [4.69, 9.17) is 27.9 Å². The molecule has 3 heterocycles. The number of aromatic nitrogens is 3. The molecule has 1 fully saturated rings. The SMILES string of the molecule is O=c1n(Cc2cc([C@@H]3O[C@H](CO)[C@@H](O)[C@H](O)[C@@H]3O)ccc2Cl)nc2ccc(Cl)cn12. The van der Waals surface area contributed by atoms with Gasteiger partial charge in [0.25, 0.3) is 0 Å². The van der Waals surface area contributed by atoms with Crippen LogP contribution in [0.5, 0.6) is 0 Å². The Morgan fingerprint density at radius 2 is 1.83 bits per heavy atom. The van der Waals surface area contributed by atoms with Crippen molar-refractivity contribution in [1.82, 2.24) is 14.2 Å². The molecule has 0 aliphatic carbocycles. The average molecular weight is 456 g/mol. The molecule has 3 aromatic rings. The fourth-order valence-electron chi connectivity index (χ4n) is 3.53. The third-order valence-corrected chi connectivity index (χ3v) is 5.74. The quantitative estimate of drug-likeness (QED) is 0.446. The van der Waals surface area contributed by atoms with Crippen LogP contribution in [0.1, 0.15) is 17.2 Å². The van der Waals surface area contributed by atoms with E-state index in [-0.39, 0.29) is 6.54 Å². The Labute approximate surface area is 180 Å². The highest BCUT2D eigenvalue weighted by atomic mass is 35.5. The molecule has 0 spiro atoms. The van der Waals surface area contributed by atoms with Gasteiger partial charge in [0, 0.05) is 11.2 Å². The van der Waals surface area contributed by atoms with E-state index in [1.54, 1.807) is 30.3 Å². The van der Waals surface area contributed by atoms with Gasteiger partial charge in [-0.05, 0) is 35.4 Å². The van der Waals surface area contributed by atoms with Crippen LogP contribution in [0.2, 0.25) is 10.0 Å². The number of rotatable bonds is 4. The summed E-state index contributed by atoms with van der Waals surface area (Å²) in [5.74, 6) is 0. The van der Waals surface area contributed by atoms with Crippen LogP contribution in [0.25, 0.3) is 5.65 Å². The molecular weight excluding hydrogens is 437 g/mol. The molecule has 0 bridgehead atoms. The molecule has 1 aliphatic heterocycles. The molecule has 0 saturated carbocycles. The van der Waals surface area contributed by atoms with Gasteiger partial charge in [-0.15, -0.1) is 5.10 Å². The Hall–Kier alpha value is -1.98. The summed E-state index contributed by atoms with van der Waals surface area (Å²) >= 11 is 12.2. The number of fused-ring (bicyclic) bond motifs is 1. The molecule has 0 unspecified atom stereocenters. The Balaban J connectivity index is 1.67. The van der Waals surface area contributed by atoms with Gasteiger partial charge in [0.15, 0.2) is 5.65 Å². The monoisotopic (exact) mass is 455 g/mol. The molecule has 1 aliphatic rings. The van der Waals surface area contributed by atoms with Crippen molar-refractivity contribution in [2.24, 2.45) is 0 Å². The summed E-state index contributed by atoms with van der Waals surface area (Å²) in [6.07, 6.45) is -4.93. The number of pyridine rings is 1. The second kappa shape index (κ2) is 8.27. The van der Waals surface area contributed by atoms with Crippen molar-refractivity contribution >= 4 is 28.8 Å².